The fourth-order valence-corrected chi connectivity index (χ4v) is 2.47. The Morgan fingerprint density at radius 2 is 1.88 bits per heavy atom. The molecule has 0 aromatic heterocycles. The quantitative estimate of drug-likeness (QED) is 0.718. The minimum Gasteiger partial charge on any atom is -0.396 e. The smallest absolute Gasteiger partial charge is 0.0431 e. The molecule has 0 heterocycles. The van der Waals surface area contributed by atoms with E-state index in [0.717, 1.165) is 19.4 Å². The topological polar surface area (TPSA) is 32.3 Å². The van der Waals surface area contributed by atoms with Gasteiger partial charge in [0.15, 0.2) is 0 Å². The van der Waals surface area contributed by atoms with Crippen LogP contribution in [-0.2, 0) is 0 Å². The molecule has 2 N–H and O–H groups in total. The molecule has 2 nitrogen and oxygen atoms in total. The summed E-state index contributed by atoms with van der Waals surface area (Å²) in [5, 5.41) is 12.2. The number of halogens is 1. The minimum absolute atomic E-state index is 0.320. The van der Waals surface area contributed by atoms with Crippen molar-refractivity contribution in [1.29, 1.82) is 0 Å². The average molecular weight is 300 g/mol. The van der Waals surface area contributed by atoms with Gasteiger partial charge in [-0.1, -0.05) is 47.0 Å². The number of hydrogen-bond donors (Lipinski definition) is 2. The van der Waals surface area contributed by atoms with Gasteiger partial charge in [0.05, 0.1) is 0 Å². The van der Waals surface area contributed by atoms with Crippen LogP contribution in [0.2, 0.25) is 0 Å². The number of aliphatic hydroxyl groups excluding tert-OH is 1. The standard InChI is InChI=1S/C14H22BrNO/c1-12(13-8-4-5-9-14(13)15)16-10-6-2-3-7-11-17/h4-5,8-9,12,16-17H,2-3,6-7,10-11H2,1H3. The van der Waals surface area contributed by atoms with Crippen molar-refractivity contribution in [3.8, 4) is 0 Å². The molecule has 0 saturated heterocycles. The Morgan fingerprint density at radius 1 is 1.18 bits per heavy atom. The van der Waals surface area contributed by atoms with Gasteiger partial charge < -0.3 is 10.4 Å². The van der Waals surface area contributed by atoms with Crippen LogP contribution in [0.1, 0.15) is 44.2 Å². The summed E-state index contributed by atoms with van der Waals surface area (Å²) in [5.74, 6) is 0. The molecule has 1 aromatic carbocycles. The molecule has 1 unspecified atom stereocenters. The second-order valence-corrected chi connectivity index (χ2v) is 5.19. The van der Waals surface area contributed by atoms with E-state index in [-0.39, 0.29) is 0 Å². The predicted molar refractivity (Wildman–Crippen MR) is 76.1 cm³/mol. The third kappa shape index (κ3) is 5.66. The second kappa shape index (κ2) is 8.67. The van der Waals surface area contributed by atoms with Crippen LogP contribution in [0.3, 0.4) is 0 Å². The largest absolute Gasteiger partial charge is 0.396 e. The van der Waals surface area contributed by atoms with Crippen molar-refractivity contribution in [2.75, 3.05) is 13.2 Å². The number of hydrogen-bond acceptors (Lipinski definition) is 2. The summed E-state index contributed by atoms with van der Waals surface area (Å²) >= 11 is 3.57. The van der Waals surface area contributed by atoms with Crippen LogP contribution in [0.4, 0.5) is 0 Å². The molecule has 1 atom stereocenters. The van der Waals surface area contributed by atoms with Crippen LogP contribution in [0.15, 0.2) is 28.7 Å². The van der Waals surface area contributed by atoms with E-state index in [2.05, 4.69) is 46.4 Å². The Kier molecular flexibility index (Phi) is 7.49. The predicted octanol–water partition coefficient (Wildman–Crippen LogP) is 3.65. The number of aliphatic hydroxyl groups is 1. The molecule has 0 saturated carbocycles. The zero-order valence-electron chi connectivity index (χ0n) is 10.5. The van der Waals surface area contributed by atoms with Crippen molar-refractivity contribution in [3.63, 3.8) is 0 Å². The van der Waals surface area contributed by atoms with Gasteiger partial charge in [0, 0.05) is 17.1 Å². The van der Waals surface area contributed by atoms with Crippen molar-refractivity contribution >= 4 is 15.9 Å². The normalized spacial score (nSPS) is 12.6. The van der Waals surface area contributed by atoms with Crippen LogP contribution in [-0.4, -0.2) is 18.3 Å². The third-order valence-electron chi connectivity index (χ3n) is 2.91. The van der Waals surface area contributed by atoms with Gasteiger partial charge in [-0.05, 0) is 37.9 Å². The molecule has 0 aliphatic rings. The van der Waals surface area contributed by atoms with Gasteiger partial charge in [-0.15, -0.1) is 0 Å². The molecular formula is C14H22BrNO. The van der Waals surface area contributed by atoms with E-state index < -0.39 is 0 Å². The average Bonchev–Trinajstić information content (AvgIpc) is 2.34. The zero-order valence-corrected chi connectivity index (χ0v) is 12.0. The Bertz CT molecular complexity index is 317. The molecule has 0 spiro atoms. The molecule has 17 heavy (non-hydrogen) atoms. The van der Waals surface area contributed by atoms with Crippen LogP contribution in [0.5, 0.6) is 0 Å². The van der Waals surface area contributed by atoms with Crippen molar-refractivity contribution in [2.24, 2.45) is 0 Å². The highest BCUT2D eigenvalue weighted by atomic mass is 79.9. The highest BCUT2D eigenvalue weighted by Crippen LogP contribution is 2.22. The Balaban J connectivity index is 2.21. The van der Waals surface area contributed by atoms with E-state index in [1.54, 1.807) is 0 Å². The fraction of sp³-hybridized carbons (Fsp3) is 0.571. The summed E-state index contributed by atoms with van der Waals surface area (Å²) in [7, 11) is 0. The van der Waals surface area contributed by atoms with Gasteiger partial charge in [-0.2, -0.15) is 0 Å². The first kappa shape index (κ1) is 14.7. The van der Waals surface area contributed by atoms with Crippen LogP contribution in [0, 0.1) is 0 Å². The molecule has 0 amide bonds. The summed E-state index contributed by atoms with van der Waals surface area (Å²) < 4.78 is 1.17. The molecule has 3 heteroatoms. The molecular weight excluding hydrogens is 278 g/mol. The van der Waals surface area contributed by atoms with Crippen LogP contribution < -0.4 is 5.32 Å². The van der Waals surface area contributed by atoms with Crippen molar-refractivity contribution < 1.29 is 5.11 Å². The van der Waals surface area contributed by atoms with E-state index in [0.29, 0.717) is 12.6 Å². The Labute approximate surface area is 113 Å². The number of benzene rings is 1. The minimum atomic E-state index is 0.320. The SMILES string of the molecule is CC(NCCCCCCO)c1ccccc1Br. The molecule has 1 rings (SSSR count). The van der Waals surface area contributed by atoms with E-state index in [9.17, 15) is 0 Å². The lowest BCUT2D eigenvalue weighted by Gasteiger charge is -2.15. The Hall–Kier alpha value is -0.380. The van der Waals surface area contributed by atoms with E-state index in [1.165, 1.54) is 22.9 Å². The van der Waals surface area contributed by atoms with Crippen molar-refractivity contribution in [1.82, 2.24) is 5.32 Å². The van der Waals surface area contributed by atoms with Crippen molar-refractivity contribution in [3.05, 3.63) is 34.3 Å². The maximum Gasteiger partial charge on any atom is 0.0431 e. The lowest BCUT2D eigenvalue weighted by atomic mass is 10.1. The van der Waals surface area contributed by atoms with Gasteiger partial charge in [-0.3, -0.25) is 0 Å². The highest BCUT2D eigenvalue weighted by Gasteiger charge is 2.06. The molecule has 0 bridgehead atoms. The fourth-order valence-electron chi connectivity index (χ4n) is 1.85. The van der Waals surface area contributed by atoms with Gasteiger partial charge in [0.1, 0.15) is 0 Å². The first-order valence-electron chi connectivity index (χ1n) is 6.34. The molecule has 0 radical (unpaired) electrons. The number of nitrogens with one attached hydrogen (secondary N) is 1. The van der Waals surface area contributed by atoms with Gasteiger partial charge >= 0.3 is 0 Å². The Morgan fingerprint density at radius 3 is 2.59 bits per heavy atom. The van der Waals surface area contributed by atoms with Crippen LogP contribution >= 0.6 is 15.9 Å². The van der Waals surface area contributed by atoms with Crippen LogP contribution in [0.25, 0.3) is 0 Å². The monoisotopic (exact) mass is 299 g/mol. The molecule has 1 aromatic rings. The zero-order chi connectivity index (χ0) is 12.5. The third-order valence-corrected chi connectivity index (χ3v) is 3.63. The van der Waals surface area contributed by atoms with Gasteiger partial charge in [0.25, 0.3) is 0 Å². The molecule has 96 valence electrons. The van der Waals surface area contributed by atoms with Crippen molar-refractivity contribution in [2.45, 2.75) is 38.6 Å². The number of unbranched alkanes of at least 4 members (excludes halogenated alkanes) is 3. The summed E-state index contributed by atoms with van der Waals surface area (Å²) in [4.78, 5) is 0. The first-order chi connectivity index (χ1) is 8.25. The van der Waals surface area contributed by atoms with E-state index in [1.807, 2.05) is 6.07 Å². The molecule has 0 fully saturated rings. The lowest BCUT2D eigenvalue weighted by Crippen LogP contribution is -2.20. The summed E-state index contributed by atoms with van der Waals surface area (Å²) in [6.45, 7) is 3.54. The lowest BCUT2D eigenvalue weighted by molar-refractivity contribution is 0.282. The maximum absolute atomic E-state index is 8.67. The van der Waals surface area contributed by atoms with E-state index in [4.69, 9.17) is 5.11 Å². The van der Waals surface area contributed by atoms with E-state index >= 15 is 0 Å². The van der Waals surface area contributed by atoms with Gasteiger partial charge in [0.2, 0.25) is 0 Å². The maximum atomic E-state index is 8.67. The summed E-state index contributed by atoms with van der Waals surface area (Å²) in [6.07, 6.45) is 4.42. The molecule has 0 aliphatic heterocycles. The summed E-state index contributed by atoms with van der Waals surface area (Å²) in [5.41, 5.74) is 1.31. The second-order valence-electron chi connectivity index (χ2n) is 4.34. The molecule has 0 aliphatic carbocycles. The number of rotatable bonds is 8. The highest BCUT2D eigenvalue weighted by molar-refractivity contribution is 9.10. The first-order valence-corrected chi connectivity index (χ1v) is 7.13. The summed E-state index contributed by atoms with van der Waals surface area (Å²) in [6, 6.07) is 8.71. The van der Waals surface area contributed by atoms with Gasteiger partial charge in [-0.25, -0.2) is 0 Å².